The monoisotopic (exact) mass is 535 g/mol. The Labute approximate surface area is 204 Å². The quantitative estimate of drug-likeness (QED) is 0.243. The molecule has 2 N–H and O–H groups in total. The average molecular weight is 537 g/mol. The molecule has 0 radical (unpaired) electrons. The molecule has 166 valence electrons. The average Bonchev–Trinajstić information content (AvgIpc) is 2.75. The molecular weight excluding hydrogens is 517 g/mol. The van der Waals surface area contributed by atoms with Gasteiger partial charge < -0.3 is 14.8 Å². The number of rotatable bonds is 8. The summed E-state index contributed by atoms with van der Waals surface area (Å²) in [7, 11) is 0. The van der Waals surface area contributed by atoms with Crippen LogP contribution in [0.3, 0.4) is 0 Å². The zero-order valence-corrected chi connectivity index (χ0v) is 20.2. The number of nitrogens with one attached hydrogen (secondary N) is 2. The second-order valence-electron chi connectivity index (χ2n) is 6.48. The summed E-state index contributed by atoms with van der Waals surface area (Å²) in [5, 5.41) is 7.76. The predicted molar refractivity (Wildman–Crippen MR) is 132 cm³/mol. The van der Waals surface area contributed by atoms with Crippen LogP contribution in [0.25, 0.3) is 0 Å². The second kappa shape index (κ2) is 11.8. The van der Waals surface area contributed by atoms with Crippen LogP contribution < -0.4 is 20.2 Å². The number of hydrazone groups is 1. The van der Waals surface area contributed by atoms with Crippen molar-refractivity contribution in [1.82, 2.24) is 5.43 Å². The van der Waals surface area contributed by atoms with Gasteiger partial charge in [-0.15, -0.1) is 0 Å². The first-order chi connectivity index (χ1) is 15.5. The van der Waals surface area contributed by atoms with Crippen LogP contribution >= 0.6 is 39.1 Å². The highest BCUT2D eigenvalue weighted by Gasteiger charge is 2.13. The maximum Gasteiger partial charge on any atom is 0.339 e. The Kier molecular flexibility index (Phi) is 8.79. The fraction of sp³-hybridized carbons (Fsp3) is 0.130. The summed E-state index contributed by atoms with van der Waals surface area (Å²) in [6.07, 6.45) is 1.51. The van der Waals surface area contributed by atoms with Gasteiger partial charge in [0.1, 0.15) is 6.61 Å². The van der Waals surface area contributed by atoms with Gasteiger partial charge in [-0.3, -0.25) is 0 Å². The molecule has 0 atom stereocenters. The van der Waals surface area contributed by atoms with Crippen LogP contribution in [0.4, 0.5) is 10.5 Å². The molecule has 0 unspecified atom stereocenters. The van der Waals surface area contributed by atoms with Gasteiger partial charge in [0, 0.05) is 21.3 Å². The van der Waals surface area contributed by atoms with E-state index in [1.807, 2.05) is 37.3 Å². The van der Waals surface area contributed by atoms with Gasteiger partial charge in [-0.05, 0) is 64.8 Å². The van der Waals surface area contributed by atoms with Crippen LogP contribution in [0.1, 0.15) is 18.1 Å². The summed E-state index contributed by atoms with van der Waals surface area (Å²) in [5.41, 5.74) is 4.60. The van der Waals surface area contributed by atoms with Gasteiger partial charge in [-0.2, -0.15) is 5.10 Å². The van der Waals surface area contributed by atoms with Gasteiger partial charge in [0.2, 0.25) is 0 Å². The first kappa shape index (κ1) is 23.9. The molecule has 0 aromatic heterocycles. The van der Waals surface area contributed by atoms with E-state index >= 15 is 0 Å². The van der Waals surface area contributed by atoms with E-state index in [1.165, 1.54) is 6.21 Å². The Morgan fingerprint density at radius 1 is 1.09 bits per heavy atom. The summed E-state index contributed by atoms with van der Waals surface area (Å²) in [5.74, 6) is 1.06. The van der Waals surface area contributed by atoms with Crippen molar-refractivity contribution in [3.63, 3.8) is 0 Å². The Bertz CT molecular complexity index is 1110. The molecule has 0 bridgehead atoms. The first-order valence-corrected chi connectivity index (χ1v) is 11.2. The molecule has 3 rings (SSSR count). The van der Waals surface area contributed by atoms with Crippen LogP contribution in [0, 0.1) is 0 Å². The minimum Gasteiger partial charge on any atom is -0.490 e. The van der Waals surface area contributed by atoms with Crippen molar-refractivity contribution in [3.8, 4) is 11.5 Å². The molecule has 32 heavy (non-hydrogen) atoms. The highest BCUT2D eigenvalue weighted by Crippen LogP contribution is 2.37. The Balaban J connectivity index is 1.68. The molecule has 2 amide bonds. The van der Waals surface area contributed by atoms with Crippen molar-refractivity contribution in [1.29, 1.82) is 0 Å². The molecule has 0 aliphatic heterocycles. The molecule has 6 nitrogen and oxygen atoms in total. The van der Waals surface area contributed by atoms with Crippen molar-refractivity contribution in [2.24, 2.45) is 5.10 Å². The van der Waals surface area contributed by atoms with Crippen LogP contribution in [-0.2, 0) is 6.61 Å². The van der Waals surface area contributed by atoms with E-state index in [0.717, 1.165) is 5.56 Å². The third-order valence-electron chi connectivity index (χ3n) is 4.13. The van der Waals surface area contributed by atoms with E-state index in [0.29, 0.717) is 43.9 Å². The second-order valence-corrected chi connectivity index (χ2v) is 8.18. The van der Waals surface area contributed by atoms with E-state index < -0.39 is 6.03 Å². The number of hydrogen-bond acceptors (Lipinski definition) is 4. The molecule has 0 spiro atoms. The fourth-order valence-corrected chi connectivity index (χ4v) is 3.74. The summed E-state index contributed by atoms with van der Waals surface area (Å²) < 4.78 is 12.4. The van der Waals surface area contributed by atoms with Gasteiger partial charge in [-0.25, -0.2) is 10.2 Å². The normalized spacial score (nSPS) is 10.8. The van der Waals surface area contributed by atoms with Gasteiger partial charge in [0.05, 0.1) is 17.3 Å². The SMILES string of the molecule is CCOc1cc(/C=N/NC(=O)Nc2ccccc2)cc(Br)c1OCc1ccc(Cl)cc1Cl. The molecule has 0 aliphatic carbocycles. The summed E-state index contributed by atoms with van der Waals surface area (Å²) in [4.78, 5) is 12.0. The molecule has 3 aromatic carbocycles. The van der Waals surface area contributed by atoms with Crippen LogP contribution in [-0.4, -0.2) is 18.9 Å². The predicted octanol–water partition coefficient (Wildman–Crippen LogP) is 6.89. The highest BCUT2D eigenvalue weighted by molar-refractivity contribution is 9.10. The first-order valence-electron chi connectivity index (χ1n) is 9.64. The van der Waals surface area contributed by atoms with E-state index in [2.05, 4.69) is 31.8 Å². The number of benzene rings is 3. The maximum atomic E-state index is 12.0. The lowest BCUT2D eigenvalue weighted by atomic mass is 10.2. The van der Waals surface area contributed by atoms with Crippen LogP contribution in [0.5, 0.6) is 11.5 Å². The number of halogens is 3. The van der Waals surface area contributed by atoms with E-state index in [4.69, 9.17) is 32.7 Å². The zero-order valence-electron chi connectivity index (χ0n) is 17.1. The Morgan fingerprint density at radius 2 is 1.88 bits per heavy atom. The summed E-state index contributed by atoms with van der Waals surface area (Å²) >= 11 is 15.7. The molecule has 9 heteroatoms. The number of amides is 2. The lowest BCUT2D eigenvalue weighted by Crippen LogP contribution is -2.24. The highest BCUT2D eigenvalue weighted by atomic mass is 79.9. The van der Waals surface area contributed by atoms with Crippen molar-refractivity contribution in [2.45, 2.75) is 13.5 Å². The molecule has 0 heterocycles. The molecule has 0 saturated heterocycles. The van der Waals surface area contributed by atoms with Gasteiger partial charge in [0.25, 0.3) is 0 Å². The largest absolute Gasteiger partial charge is 0.490 e. The molecule has 3 aromatic rings. The van der Waals surface area contributed by atoms with Crippen molar-refractivity contribution in [2.75, 3.05) is 11.9 Å². The van der Waals surface area contributed by atoms with E-state index in [1.54, 1.807) is 30.3 Å². The zero-order chi connectivity index (χ0) is 22.9. The van der Waals surface area contributed by atoms with Crippen LogP contribution in [0.15, 0.2) is 70.2 Å². The minimum absolute atomic E-state index is 0.239. The van der Waals surface area contributed by atoms with Crippen molar-refractivity contribution < 1.29 is 14.3 Å². The number of anilines is 1. The summed E-state index contributed by atoms with van der Waals surface area (Å²) in [6.45, 7) is 2.57. The standard InChI is InChI=1S/C23H20BrCl2N3O3/c1-2-31-21-11-15(13-27-29-23(30)28-18-6-4-3-5-7-18)10-19(24)22(21)32-14-16-8-9-17(25)12-20(16)26/h3-13H,2,14H2,1H3,(H2,28,29,30)/b27-13+. The van der Waals surface area contributed by atoms with Crippen molar-refractivity contribution in [3.05, 3.63) is 86.3 Å². The van der Waals surface area contributed by atoms with Crippen LogP contribution in [0.2, 0.25) is 10.0 Å². The fourth-order valence-electron chi connectivity index (χ4n) is 2.70. The number of hydrogen-bond donors (Lipinski definition) is 2. The molecule has 0 saturated carbocycles. The Morgan fingerprint density at radius 3 is 2.59 bits per heavy atom. The van der Waals surface area contributed by atoms with Gasteiger partial charge >= 0.3 is 6.03 Å². The topological polar surface area (TPSA) is 72.0 Å². The maximum absolute atomic E-state index is 12.0. The number of ether oxygens (including phenoxy) is 2. The minimum atomic E-state index is -0.448. The molecular formula is C23H20BrCl2N3O3. The smallest absolute Gasteiger partial charge is 0.339 e. The van der Waals surface area contributed by atoms with Gasteiger partial charge in [0.15, 0.2) is 11.5 Å². The lowest BCUT2D eigenvalue weighted by molar-refractivity contribution is 0.252. The number of carbonyl (C=O) groups excluding carboxylic acids is 1. The number of urea groups is 1. The lowest BCUT2D eigenvalue weighted by Gasteiger charge is -2.15. The number of para-hydroxylation sites is 1. The molecule has 0 aliphatic rings. The van der Waals surface area contributed by atoms with Crippen molar-refractivity contribution >= 4 is 57.1 Å². The number of nitrogens with zero attached hydrogens (tertiary/aromatic N) is 1. The third-order valence-corrected chi connectivity index (χ3v) is 5.31. The molecule has 0 fully saturated rings. The number of carbonyl (C=O) groups is 1. The Hall–Kier alpha value is -2.74. The van der Waals surface area contributed by atoms with Gasteiger partial charge in [-0.1, -0.05) is 47.5 Å². The third kappa shape index (κ3) is 6.88. The van der Waals surface area contributed by atoms with E-state index in [9.17, 15) is 4.79 Å². The summed E-state index contributed by atoms with van der Waals surface area (Å²) in [6, 6.07) is 17.5. The van der Waals surface area contributed by atoms with E-state index in [-0.39, 0.29) is 6.61 Å².